The molecule has 2 rings (SSSR count). The topological polar surface area (TPSA) is 38.0 Å². The number of benzene rings is 1. The van der Waals surface area contributed by atoms with Crippen LogP contribution in [-0.2, 0) is 7.05 Å². The van der Waals surface area contributed by atoms with Gasteiger partial charge in [0.25, 0.3) is 0 Å². The van der Waals surface area contributed by atoms with Gasteiger partial charge >= 0.3 is 6.18 Å². The molecular weight excluding hydrogens is 301 g/mol. The molecule has 0 amide bonds. The highest BCUT2D eigenvalue weighted by Gasteiger charge is 2.40. The summed E-state index contributed by atoms with van der Waals surface area (Å²) in [6, 6.07) is 2.88. The van der Waals surface area contributed by atoms with Gasteiger partial charge in [-0.05, 0) is 12.1 Å². The van der Waals surface area contributed by atoms with Gasteiger partial charge in [0.15, 0.2) is 6.10 Å². The fourth-order valence-electron chi connectivity index (χ4n) is 1.63. The molecule has 0 fully saturated rings. The zero-order chi connectivity index (χ0) is 12.8. The Kier molecular flexibility index (Phi) is 2.90. The number of nitrogens with zero attached hydrogens (tertiary/aromatic N) is 2. The maximum absolute atomic E-state index is 12.5. The molecule has 0 saturated carbocycles. The summed E-state index contributed by atoms with van der Waals surface area (Å²) < 4.78 is 39.4. The van der Waals surface area contributed by atoms with Crippen LogP contribution in [0.1, 0.15) is 11.7 Å². The minimum absolute atomic E-state index is 0.153. The molecule has 3 nitrogen and oxygen atoms in total. The zero-order valence-electron chi connectivity index (χ0n) is 8.66. The van der Waals surface area contributed by atoms with Crippen molar-refractivity contribution in [1.29, 1.82) is 0 Å². The molecule has 1 N–H and O–H groups in total. The van der Waals surface area contributed by atoms with Crippen LogP contribution in [0, 0.1) is 0 Å². The second-order valence-electron chi connectivity index (χ2n) is 3.68. The van der Waals surface area contributed by atoms with Crippen LogP contribution in [-0.4, -0.2) is 21.1 Å². The first-order valence-electron chi connectivity index (χ1n) is 4.66. The minimum atomic E-state index is -4.70. The Morgan fingerprint density at radius 2 is 2.06 bits per heavy atom. The molecule has 1 aromatic carbocycles. The number of aliphatic hydroxyl groups is 1. The van der Waals surface area contributed by atoms with Crippen molar-refractivity contribution in [3.05, 3.63) is 28.4 Å². The lowest BCUT2D eigenvalue weighted by Gasteiger charge is -2.15. The van der Waals surface area contributed by atoms with Gasteiger partial charge in [0.1, 0.15) is 0 Å². The summed E-state index contributed by atoms with van der Waals surface area (Å²) in [5, 5.41) is 13.8. The van der Waals surface area contributed by atoms with Crippen LogP contribution in [0.4, 0.5) is 13.2 Å². The summed E-state index contributed by atoms with van der Waals surface area (Å²) in [4.78, 5) is 0. The van der Waals surface area contributed by atoms with E-state index in [0.29, 0.717) is 9.86 Å². The highest BCUT2D eigenvalue weighted by atomic mass is 79.9. The monoisotopic (exact) mass is 308 g/mol. The van der Waals surface area contributed by atoms with Crippen LogP contribution in [0.5, 0.6) is 0 Å². The summed E-state index contributed by atoms with van der Waals surface area (Å²) in [5.74, 6) is 0. The first kappa shape index (κ1) is 12.4. The quantitative estimate of drug-likeness (QED) is 0.879. The molecule has 0 bridgehead atoms. The molecule has 17 heavy (non-hydrogen) atoms. The maximum atomic E-state index is 12.5. The largest absolute Gasteiger partial charge is 0.418 e. The molecule has 0 saturated heterocycles. The zero-order valence-corrected chi connectivity index (χ0v) is 10.2. The number of aliphatic hydroxyl groups excluding tert-OH is 1. The molecule has 92 valence electrons. The average molecular weight is 309 g/mol. The molecule has 1 aromatic heterocycles. The summed E-state index contributed by atoms with van der Waals surface area (Å²) >= 11 is 3.11. The number of aryl methyl sites for hydroxylation is 1. The lowest BCUT2D eigenvalue weighted by molar-refractivity contribution is -0.206. The van der Waals surface area contributed by atoms with Gasteiger partial charge in [-0.2, -0.15) is 18.3 Å². The standard InChI is InChI=1S/C10H8BrF3N2O/c1-16-4-5-2-6(11)3-7(8(5)15-16)9(17)10(12,13)14/h2-4,9,17H,1H3. The summed E-state index contributed by atoms with van der Waals surface area (Å²) in [6.07, 6.45) is -5.64. The van der Waals surface area contributed by atoms with E-state index in [2.05, 4.69) is 21.0 Å². The van der Waals surface area contributed by atoms with Crippen molar-refractivity contribution in [2.24, 2.45) is 7.05 Å². The molecule has 2 aromatic rings. The Labute approximate surface area is 103 Å². The third kappa shape index (κ3) is 2.30. The van der Waals surface area contributed by atoms with Crippen LogP contribution in [0.15, 0.2) is 22.8 Å². The lowest BCUT2D eigenvalue weighted by atomic mass is 10.1. The number of rotatable bonds is 1. The average Bonchev–Trinajstić information content (AvgIpc) is 2.54. The Morgan fingerprint density at radius 1 is 1.41 bits per heavy atom. The first-order valence-corrected chi connectivity index (χ1v) is 5.46. The SMILES string of the molecule is Cn1cc2cc(Br)cc(C(O)C(F)(F)F)c2n1. The van der Waals surface area contributed by atoms with Crippen molar-refractivity contribution >= 4 is 26.8 Å². The second-order valence-corrected chi connectivity index (χ2v) is 4.60. The molecule has 1 unspecified atom stereocenters. The number of alkyl halides is 3. The minimum Gasteiger partial charge on any atom is -0.379 e. The predicted octanol–water partition coefficient (Wildman–Crippen LogP) is 2.93. The Balaban J connectivity index is 2.67. The van der Waals surface area contributed by atoms with Gasteiger partial charge in [0, 0.05) is 28.7 Å². The van der Waals surface area contributed by atoms with E-state index >= 15 is 0 Å². The van der Waals surface area contributed by atoms with Crippen LogP contribution in [0.3, 0.4) is 0 Å². The van der Waals surface area contributed by atoms with Crippen molar-refractivity contribution in [3.63, 3.8) is 0 Å². The smallest absolute Gasteiger partial charge is 0.379 e. The van der Waals surface area contributed by atoms with Crippen LogP contribution >= 0.6 is 15.9 Å². The number of hydrogen-bond donors (Lipinski definition) is 1. The first-order chi connectivity index (χ1) is 7.79. The molecule has 7 heteroatoms. The van der Waals surface area contributed by atoms with E-state index < -0.39 is 12.3 Å². The third-order valence-corrected chi connectivity index (χ3v) is 2.78. The summed E-state index contributed by atoms with van der Waals surface area (Å²) in [7, 11) is 1.61. The molecule has 1 heterocycles. The number of halogens is 4. The van der Waals surface area contributed by atoms with E-state index in [1.165, 1.54) is 10.7 Å². The lowest BCUT2D eigenvalue weighted by Crippen LogP contribution is -2.20. The highest BCUT2D eigenvalue weighted by Crippen LogP contribution is 2.37. The van der Waals surface area contributed by atoms with E-state index in [4.69, 9.17) is 0 Å². The molecule has 0 radical (unpaired) electrons. The van der Waals surface area contributed by atoms with E-state index in [-0.39, 0.29) is 11.1 Å². The fraction of sp³-hybridized carbons (Fsp3) is 0.300. The van der Waals surface area contributed by atoms with Crippen molar-refractivity contribution in [2.75, 3.05) is 0 Å². The third-order valence-electron chi connectivity index (χ3n) is 2.32. The molecular formula is C10H8BrF3N2O. The molecule has 0 aliphatic rings. The van der Waals surface area contributed by atoms with Gasteiger partial charge in [0.05, 0.1) is 5.52 Å². The number of aromatic nitrogens is 2. The van der Waals surface area contributed by atoms with Gasteiger partial charge < -0.3 is 5.11 Å². The van der Waals surface area contributed by atoms with Crippen molar-refractivity contribution < 1.29 is 18.3 Å². The second kappa shape index (κ2) is 3.99. The van der Waals surface area contributed by atoms with Crippen molar-refractivity contribution in [3.8, 4) is 0 Å². The van der Waals surface area contributed by atoms with E-state index in [1.54, 1.807) is 19.3 Å². The van der Waals surface area contributed by atoms with Crippen LogP contribution in [0.25, 0.3) is 10.9 Å². The van der Waals surface area contributed by atoms with Gasteiger partial charge in [-0.1, -0.05) is 15.9 Å². The molecule has 0 aliphatic carbocycles. The maximum Gasteiger partial charge on any atom is 0.418 e. The Morgan fingerprint density at radius 3 is 2.65 bits per heavy atom. The summed E-state index contributed by atoms with van der Waals surface area (Å²) in [6.45, 7) is 0. The van der Waals surface area contributed by atoms with E-state index in [9.17, 15) is 18.3 Å². The Hall–Kier alpha value is -1.08. The highest BCUT2D eigenvalue weighted by molar-refractivity contribution is 9.10. The summed E-state index contributed by atoms with van der Waals surface area (Å²) in [5.41, 5.74) is -0.0944. The van der Waals surface area contributed by atoms with Crippen LogP contribution in [0.2, 0.25) is 0 Å². The number of fused-ring (bicyclic) bond motifs is 1. The van der Waals surface area contributed by atoms with Crippen molar-refractivity contribution in [2.45, 2.75) is 12.3 Å². The van der Waals surface area contributed by atoms with Gasteiger partial charge in [-0.15, -0.1) is 0 Å². The molecule has 0 aliphatic heterocycles. The van der Waals surface area contributed by atoms with Gasteiger partial charge in [0.2, 0.25) is 0 Å². The van der Waals surface area contributed by atoms with Gasteiger partial charge in [-0.3, -0.25) is 4.68 Å². The van der Waals surface area contributed by atoms with E-state index in [1.807, 2.05) is 0 Å². The molecule has 1 atom stereocenters. The van der Waals surface area contributed by atoms with Gasteiger partial charge in [-0.25, -0.2) is 0 Å². The molecule has 0 spiro atoms. The van der Waals surface area contributed by atoms with Crippen molar-refractivity contribution in [1.82, 2.24) is 9.78 Å². The van der Waals surface area contributed by atoms with E-state index in [0.717, 1.165) is 0 Å². The van der Waals surface area contributed by atoms with Crippen LogP contribution < -0.4 is 0 Å². The Bertz CT molecular complexity index is 564. The normalized spacial score (nSPS) is 14.2. The fourth-order valence-corrected chi connectivity index (χ4v) is 2.12. The predicted molar refractivity (Wildman–Crippen MR) is 59.4 cm³/mol. The number of hydrogen-bond acceptors (Lipinski definition) is 2.